The van der Waals surface area contributed by atoms with Gasteiger partial charge in [-0.3, -0.25) is 9.69 Å². The number of hydrogen-bond acceptors (Lipinski definition) is 5. The van der Waals surface area contributed by atoms with Gasteiger partial charge in [0.15, 0.2) is 11.5 Å². The van der Waals surface area contributed by atoms with Gasteiger partial charge in [0.05, 0.1) is 16.6 Å². The Labute approximate surface area is 211 Å². The van der Waals surface area contributed by atoms with Gasteiger partial charge >= 0.3 is 0 Å². The van der Waals surface area contributed by atoms with Crippen LogP contribution < -0.4 is 5.32 Å². The predicted molar refractivity (Wildman–Crippen MR) is 140 cm³/mol. The molecular formula is C29H32N6O. The molecular weight excluding hydrogens is 448 g/mol. The maximum Gasteiger partial charge on any atom is 0.252 e. The maximum absolute atomic E-state index is 13.6. The van der Waals surface area contributed by atoms with Gasteiger partial charge in [-0.2, -0.15) is 9.78 Å². The zero-order chi connectivity index (χ0) is 24.6. The number of piperidine rings is 1. The summed E-state index contributed by atoms with van der Waals surface area (Å²) in [5, 5.41) is 8.89. The lowest BCUT2D eigenvalue weighted by atomic mass is 10.0. The quantitative estimate of drug-likeness (QED) is 0.433. The highest BCUT2D eigenvalue weighted by atomic mass is 16.1. The van der Waals surface area contributed by atoms with Crippen LogP contribution in [0.15, 0.2) is 54.7 Å². The first-order chi connectivity index (χ1) is 17.5. The van der Waals surface area contributed by atoms with E-state index in [1.165, 1.54) is 11.1 Å². The molecule has 1 aliphatic heterocycles. The van der Waals surface area contributed by atoms with Crippen LogP contribution in [0.4, 0.5) is 0 Å². The van der Waals surface area contributed by atoms with Crippen LogP contribution in [-0.4, -0.2) is 49.7 Å². The average Bonchev–Trinajstić information content (AvgIpc) is 3.69. The van der Waals surface area contributed by atoms with Crippen molar-refractivity contribution in [2.24, 2.45) is 0 Å². The molecule has 7 heteroatoms. The highest BCUT2D eigenvalue weighted by Gasteiger charge is 2.30. The summed E-state index contributed by atoms with van der Waals surface area (Å²) in [5.41, 5.74) is 5.83. The molecule has 6 rings (SSSR count). The standard InChI is InChI=1S/C29H32N6O/c1-19-6-5-7-21(16-19)18-34-14-11-23(12-15-34)31-29(36)24-17-25(22-9-10-22)32-28-27(24)20(2)33-35(28)26-8-3-4-13-30-26/h3-8,13,16-17,22-23H,9-12,14-15,18H2,1-2H3,(H,31,36). The van der Waals surface area contributed by atoms with Crippen LogP contribution in [0.25, 0.3) is 16.9 Å². The van der Waals surface area contributed by atoms with Crippen molar-refractivity contribution in [2.45, 2.75) is 58.0 Å². The second kappa shape index (κ2) is 9.47. The minimum absolute atomic E-state index is 0.0231. The van der Waals surface area contributed by atoms with Gasteiger partial charge in [-0.1, -0.05) is 35.9 Å². The molecule has 4 heterocycles. The van der Waals surface area contributed by atoms with Gasteiger partial charge in [-0.05, 0) is 63.3 Å². The summed E-state index contributed by atoms with van der Waals surface area (Å²) in [5.74, 6) is 1.12. The molecule has 184 valence electrons. The molecule has 2 aliphatic rings. The molecule has 0 atom stereocenters. The van der Waals surface area contributed by atoms with E-state index >= 15 is 0 Å². The Morgan fingerprint density at radius 1 is 1.03 bits per heavy atom. The van der Waals surface area contributed by atoms with Gasteiger partial charge in [0, 0.05) is 43.5 Å². The van der Waals surface area contributed by atoms with E-state index in [2.05, 4.69) is 46.4 Å². The molecule has 36 heavy (non-hydrogen) atoms. The number of nitrogens with one attached hydrogen (secondary N) is 1. The number of benzene rings is 1. The van der Waals surface area contributed by atoms with Gasteiger partial charge in [0.25, 0.3) is 5.91 Å². The second-order valence-electron chi connectivity index (χ2n) is 10.3. The van der Waals surface area contributed by atoms with E-state index in [1.807, 2.05) is 31.2 Å². The summed E-state index contributed by atoms with van der Waals surface area (Å²) in [4.78, 5) is 25.5. The summed E-state index contributed by atoms with van der Waals surface area (Å²) in [6.07, 6.45) is 5.90. The fourth-order valence-electron chi connectivity index (χ4n) is 5.28. The third-order valence-corrected chi connectivity index (χ3v) is 7.35. The molecule has 0 bridgehead atoms. The molecule has 1 amide bonds. The smallest absolute Gasteiger partial charge is 0.252 e. The van der Waals surface area contributed by atoms with E-state index in [4.69, 9.17) is 10.1 Å². The van der Waals surface area contributed by atoms with Crippen molar-refractivity contribution in [3.8, 4) is 5.82 Å². The lowest BCUT2D eigenvalue weighted by Gasteiger charge is -2.32. The van der Waals surface area contributed by atoms with Gasteiger partial charge < -0.3 is 5.32 Å². The Morgan fingerprint density at radius 3 is 2.58 bits per heavy atom. The number of carbonyl (C=O) groups is 1. The van der Waals surface area contributed by atoms with Gasteiger partial charge in [-0.25, -0.2) is 9.97 Å². The highest BCUT2D eigenvalue weighted by Crippen LogP contribution is 2.40. The van der Waals surface area contributed by atoms with E-state index < -0.39 is 0 Å². The third kappa shape index (κ3) is 4.63. The van der Waals surface area contributed by atoms with Crippen molar-refractivity contribution in [1.82, 2.24) is 30.0 Å². The van der Waals surface area contributed by atoms with Crippen molar-refractivity contribution in [3.05, 3.63) is 82.8 Å². The zero-order valence-electron chi connectivity index (χ0n) is 20.9. The largest absolute Gasteiger partial charge is 0.349 e. The molecule has 0 unspecified atom stereocenters. The number of likely N-dealkylation sites (tertiary alicyclic amines) is 1. The van der Waals surface area contributed by atoms with Crippen molar-refractivity contribution in [1.29, 1.82) is 0 Å². The third-order valence-electron chi connectivity index (χ3n) is 7.35. The molecule has 3 aromatic heterocycles. The van der Waals surface area contributed by atoms with Gasteiger partial charge in [-0.15, -0.1) is 0 Å². The fourth-order valence-corrected chi connectivity index (χ4v) is 5.28. The zero-order valence-corrected chi connectivity index (χ0v) is 20.9. The monoisotopic (exact) mass is 480 g/mol. The number of pyridine rings is 2. The Kier molecular flexibility index (Phi) is 6.01. The molecule has 1 N–H and O–H groups in total. The minimum atomic E-state index is -0.0231. The summed E-state index contributed by atoms with van der Waals surface area (Å²) >= 11 is 0. The summed E-state index contributed by atoms with van der Waals surface area (Å²) in [7, 11) is 0. The fraction of sp³-hybridized carbons (Fsp3) is 0.379. The number of aromatic nitrogens is 4. The summed E-state index contributed by atoms with van der Waals surface area (Å²) in [6, 6.07) is 16.6. The van der Waals surface area contributed by atoms with Crippen LogP contribution in [0.5, 0.6) is 0 Å². The summed E-state index contributed by atoms with van der Waals surface area (Å²) < 4.78 is 1.77. The number of fused-ring (bicyclic) bond motifs is 1. The van der Waals surface area contributed by atoms with Crippen molar-refractivity contribution < 1.29 is 4.79 Å². The number of nitrogens with zero attached hydrogens (tertiary/aromatic N) is 5. The van der Waals surface area contributed by atoms with Crippen LogP contribution in [0.1, 0.15) is 64.5 Å². The minimum Gasteiger partial charge on any atom is -0.349 e. The predicted octanol–water partition coefficient (Wildman–Crippen LogP) is 4.70. The van der Waals surface area contributed by atoms with E-state index in [0.29, 0.717) is 22.9 Å². The van der Waals surface area contributed by atoms with Gasteiger partial charge in [0.2, 0.25) is 0 Å². The molecule has 4 aromatic rings. The first-order valence-corrected chi connectivity index (χ1v) is 13.0. The van der Waals surface area contributed by atoms with Crippen LogP contribution >= 0.6 is 0 Å². The van der Waals surface area contributed by atoms with Crippen molar-refractivity contribution in [3.63, 3.8) is 0 Å². The Bertz CT molecular complexity index is 1400. The van der Waals surface area contributed by atoms with Crippen LogP contribution in [-0.2, 0) is 6.54 Å². The number of carbonyl (C=O) groups excluding carboxylic acids is 1. The Hall–Kier alpha value is -3.58. The molecule has 2 fully saturated rings. The molecule has 7 nitrogen and oxygen atoms in total. The van der Waals surface area contributed by atoms with E-state index in [0.717, 1.165) is 62.1 Å². The first kappa shape index (κ1) is 22.9. The lowest BCUT2D eigenvalue weighted by Crippen LogP contribution is -2.44. The number of rotatable bonds is 6. The van der Waals surface area contributed by atoms with Crippen molar-refractivity contribution >= 4 is 16.9 Å². The molecule has 1 saturated carbocycles. The number of aryl methyl sites for hydroxylation is 2. The van der Waals surface area contributed by atoms with E-state index in [-0.39, 0.29) is 11.9 Å². The molecule has 0 radical (unpaired) electrons. The van der Waals surface area contributed by atoms with Crippen LogP contribution in [0.3, 0.4) is 0 Å². The maximum atomic E-state index is 13.6. The number of hydrogen-bond donors (Lipinski definition) is 1. The summed E-state index contributed by atoms with van der Waals surface area (Å²) in [6.45, 7) is 7.01. The molecule has 1 saturated heterocycles. The number of amides is 1. The Morgan fingerprint density at radius 2 is 1.86 bits per heavy atom. The van der Waals surface area contributed by atoms with Crippen molar-refractivity contribution in [2.75, 3.05) is 13.1 Å². The average molecular weight is 481 g/mol. The topological polar surface area (TPSA) is 75.9 Å². The molecule has 1 aromatic carbocycles. The Balaban J connectivity index is 1.22. The SMILES string of the molecule is Cc1cccc(CN2CCC(NC(=O)c3cc(C4CC4)nc4c3c(C)nn4-c3ccccn3)CC2)c1. The highest BCUT2D eigenvalue weighted by molar-refractivity contribution is 6.07. The normalized spacial score (nSPS) is 16.9. The van der Waals surface area contributed by atoms with Gasteiger partial charge in [0.1, 0.15) is 0 Å². The molecule has 1 aliphatic carbocycles. The van der Waals surface area contributed by atoms with E-state index in [9.17, 15) is 4.79 Å². The van der Waals surface area contributed by atoms with Crippen LogP contribution in [0.2, 0.25) is 0 Å². The van der Waals surface area contributed by atoms with Crippen LogP contribution in [0, 0.1) is 13.8 Å². The second-order valence-corrected chi connectivity index (χ2v) is 10.3. The first-order valence-electron chi connectivity index (χ1n) is 13.0. The molecule has 0 spiro atoms. The lowest BCUT2D eigenvalue weighted by molar-refractivity contribution is 0.0910. The van der Waals surface area contributed by atoms with E-state index in [1.54, 1.807) is 10.9 Å².